The Bertz CT molecular complexity index is 672. The molecule has 0 aliphatic carbocycles. The normalized spacial score (nSPS) is 17.9. The monoisotopic (exact) mass is 347 g/mol. The predicted octanol–water partition coefficient (Wildman–Crippen LogP) is 3.46. The first-order chi connectivity index (χ1) is 10.1. The number of aliphatic imine (C=N–C) groups is 1. The predicted molar refractivity (Wildman–Crippen MR) is 85.3 cm³/mol. The van der Waals surface area contributed by atoms with Crippen molar-refractivity contribution in [2.24, 2.45) is 10.7 Å². The number of halogens is 2. The van der Waals surface area contributed by atoms with Gasteiger partial charge in [-0.25, -0.2) is 4.39 Å². The van der Waals surface area contributed by atoms with E-state index in [1.807, 2.05) is 18.2 Å². The van der Waals surface area contributed by atoms with Crippen LogP contribution in [0.25, 0.3) is 0 Å². The maximum absolute atomic E-state index is 13.4. The Hall–Kier alpha value is -1.88. The molecule has 3 rings (SSSR count). The summed E-state index contributed by atoms with van der Waals surface area (Å²) in [5.74, 6) is 0.268. The van der Waals surface area contributed by atoms with E-state index < -0.39 is 0 Å². The second-order valence-electron chi connectivity index (χ2n) is 5.00. The van der Waals surface area contributed by atoms with Crippen molar-refractivity contribution in [3.05, 3.63) is 69.9 Å². The summed E-state index contributed by atoms with van der Waals surface area (Å²) in [6, 6.07) is 15.2. The third kappa shape index (κ3) is 2.93. The molecule has 108 valence electrons. The topological polar surface area (TPSA) is 41.6 Å². The minimum atomic E-state index is -0.264. The molecule has 0 radical (unpaired) electrons. The SMILES string of the molecule is NC1=NCC(c2ccc(F)c(Br)c2)N1Cc1ccccc1. The number of nitrogens with two attached hydrogens (primary N) is 1. The molecular weight excluding hydrogens is 333 g/mol. The van der Waals surface area contributed by atoms with Crippen LogP contribution in [0.15, 0.2) is 58.0 Å². The van der Waals surface area contributed by atoms with Crippen molar-refractivity contribution in [3.8, 4) is 0 Å². The molecule has 1 heterocycles. The van der Waals surface area contributed by atoms with E-state index in [4.69, 9.17) is 5.73 Å². The second-order valence-corrected chi connectivity index (χ2v) is 5.86. The minimum absolute atomic E-state index is 0.0436. The van der Waals surface area contributed by atoms with Crippen molar-refractivity contribution in [2.75, 3.05) is 6.54 Å². The Morgan fingerprint density at radius 1 is 1.24 bits per heavy atom. The fraction of sp³-hybridized carbons (Fsp3) is 0.188. The van der Waals surface area contributed by atoms with Crippen molar-refractivity contribution >= 4 is 21.9 Å². The third-order valence-corrected chi connectivity index (χ3v) is 4.23. The molecular formula is C16H15BrFN3. The molecule has 2 aromatic carbocycles. The van der Waals surface area contributed by atoms with Crippen LogP contribution in [0.4, 0.5) is 4.39 Å². The molecule has 1 aliphatic heterocycles. The Labute approximate surface area is 131 Å². The van der Waals surface area contributed by atoms with E-state index in [9.17, 15) is 4.39 Å². The van der Waals surface area contributed by atoms with Crippen LogP contribution < -0.4 is 5.73 Å². The first kappa shape index (κ1) is 14.1. The van der Waals surface area contributed by atoms with Crippen LogP contribution in [0.3, 0.4) is 0 Å². The van der Waals surface area contributed by atoms with Gasteiger partial charge in [0.05, 0.1) is 17.1 Å². The van der Waals surface area contributed by atoms with Gasteiger partial charge in [0.25, 0.3) is 0 Å². The quantitative estimate of drug-likeness (QED) is 0.923. The highest BCUT2D eigenvalue weighted by Gasteiger charge is 2.27. The average Bonchev–Trinajstić information content (AvgIpc) is 2.85. The van der Waals surface area contributed by atoms with E-state index in [1.165, 1.54) is 11.6 Å². The van der Waals surface area contributed by atoms with Crippen LogP contribution in [0.5, 0.6) is 0 Å². The standard InChI is InChI=1S/C16H15BrFN3/c17-13-8-12(6-7-14(13)18)15-9-20-16(19)21(15)10-11-4-2-1-3-5-11/h1-8,15H,9-10H2,(H2,19,20). The first-order valence-corrected chi connectivity index (χ1v) is 7.50. The molecule has 0 aromatic heterocycles. The van der Waals surface area contributed by atoms with E-state index in [2.05, 4.69) is 38.0 Å². The Morgan fingerprint density at radius 3 is 2.71 bits per heavy atom. The van der Waals surface area contributed by atoms with E-state index in [0.29, 0.717) is 23.5 Å². The van der Waals surface area contributed by atoms with Crippen molar-refractivity contribution in [2.45, 2.75) is 12.6 Å². The van der Waals surface area contributed by atoms with Gasteiger partial charge in [-0.05, 0) is 39.2 Å². The largest absolute Gasteiger partial charge is 0.370 e. The fourth-order valence-electron chi connectivity index (χ4n) is 2.51. The lowest BCUT2D eigenvalue weighted by Gasteiger charge is -2.27. The summed E-state index contributed by atoms with van der Waals surface area (Å²) in [4.78, 5) is 6.39. The van der Waals surface area contributed by atoms with Gasteiger partial charge in [0, 0.05) is 6.54 Å². The third-order valence-electron chi connectivity index (χ3n) is 3.62. The number of benzene rings is 2. The highest BCUT2D eigenvalue weighted by atomic mass is 79.9. The Balaban J connectivity index is 1.86. The summed E-state index contributed by atoms with van der Waals surface area (Å²) < 4.78 is 13.9. The van der Waals surface area contributed by atoms with E-state index in [1.54, 1.807) is 12.1 Å². The molecule has 2 N–H and O–H groups in total. The highest BCUT2D eigenvalue weighted by Crippen LogP contribution is 2.29. The molecule has 0 amide bonds. The number of nitrogens with zero attached hydrogens (tertiary/aromatic N) is 2. The molecule has 0 spiro atoms. The lowest BCUT2D eigenvalue weighted by molar-refractivity contribution is 0.340. The minimum Gasteiger partial charge on any atom is -0.370 e. The van der Waals surface area contributed by atoms with E-state index in [-0.39, 0.29) is 11.9 Å². The summed E-state index contributed by atoms with van der Waals surface area (Å²) in [7, 11) is 0. The van der Waals surface area contributed by atoms with Gasteiger partial charge < -0.3 is 10.6 Å². The summed E-state index contributed by atoms with van der Waals surface area (Å²) in [5.41, 5.74) is 8.19. The van der Waals surface area contributed by atoms with Gasteiger partial charge in [-0.3, -0.25) is 4.99 Å². The molecule has 5 heteroatoms. The van der Waals surface area contributed by atoms with Crippen LogP contribution >= 0.6 is 15.9 Å². The number of rotatable bonds is 3. The molecule has 0 bridgehead atoms. The lowest BCUT2D eigenvalue weighted by atomic mass is 10.1. The van der Waals surface area contributed by atoms with Gasteiger partial charge in [-0.1, -0.05) is 36.4 Å². The van der Waals surface area contributed by atoms with Gasteiger partial charge in [-0.2, -0.15) is 0 Å². The van der Waals surface area contributed by atoms with Crippen LogP contribution in [0, 0.1) is 5.82 Å². The smallest absolute Gasteiger partial charge is 0.192 e. The van der Waals surface area contributed by atoms with Crippen LogP contribution in [-0.2, 0) is 6.54 Å². The van der Waals surface area contributed by atoms with Gasteiger partial charge in [0.2, 0.25) is 0 Å². The van der Waals surface area contributed by atoms with Gasteiger partial charge in [0.1, 0.15) is 5.82 Å². The van der Waals surface area contributed by atoms with E-state index >= 15 is 0 Å². The summed E-state index contributed by atoms with van der Waals surface area (Å²) in [6.45, 7) is 1.28. The molecule has 0 saturated heterocycles. The summed E-state index contributed by atoms with van der Waals surface area (Å²) in [6.07, 6.45) is 0. The van der Waals surface area contributed by atoms with Gasteiger partial charge in [0.15, 0.2) is 5.96 Å². The summed E-state index contributed by atoms with van der Waals surface area (Å²) in [5, 5.41) is 0. The van der Waals surface area contributed by atoms with Crippen LogP contribution in [-0.4, -0.2) is 17.4 Å². The van der Waals surface area contributed by atoms with Crippen molar-refractivity contribution in [1.29, 1.82) is 0 Å². The van der Waals surface area contributed by atoms with Crippen LogP contribution in [0.2, 0.25) is 0 Å². The zero-order valence-electron chi connectivity index (χ0n) is 11.3. The molecule has 0 fully saturated rings. The zero-order chi connectivity index (χ0) is 14.8. The maximum atomic E-state index is 13.4. The molecule has 2 aromatic rings. The lowest BCUT2D eigenvalue weighted by Crippen LogP contribution is -2.35. The highest BCUT2D eigenvalue weighted by molar-refractivity contribution is 9.10. The number of hydrogen-bond acceptors (Lipinski definition) is 3. The molecule has 0 saturated carbocycles. The molecule has 1 unspecified atom stereocenters. The molecule has 21 heavy (non-hydrogen) atoms. The molecule has 1 atom stereocenters. The van der Waals surface area contributed by atoms with Crippen molar-refractivity contribution < 1.29 is 4.39 Å². The van der Waals surface area contributed by atoms with Crippen LogP contribution in [0.1, 0.15) is 17.2 Å². The maximum Gasteiger partial charge on any atom is 0.192 e. The second kappa shape index (κ2) is 5.85. The number of guanidine groups is 1. The number of hydrogen-bond donors (Lipinski definition) is 1. The average molecular weight is 348 g/mol. The van der Waals surface area contributed by atoms with Crippen molar-refractivity contribution in [1.82, 2.24) is 4.90 Å². The Morgan fingerprint density at radius 2 is 2.00 bits per heavy atom. The van der Waals surface area contributed by atoms with Gasteiger partial charge in [-0.15, -0.1) is 0 Å². The van der Waals surface area contributed by atoms with E-state index in [0.717, 1.165) is 5.56 Å². The van der Waals surface area contributed by atoms with Gasteiger partial charge >= 0.3 is 0 Å². The zero-order valence-corrected chi connectivity index (χ0v) is 12.9. The molecule has 1 aliphatic rings. The Kier molecular flexibility index (Phi) is 3.92. The fourth-order valence-corrected chi connectivity index (χ4v) is 2.90. The van der Waals surface area contributed by atoms with Crippen molar-refractivity contribution in [3.63, 3.8) is 0 Å². The summed E-state index contributed by atoms with van der Waals surface area (Å²) >= 11 is 3.23. The first-order valence-electron chi connectivity index (χ1n) is 6.70. The molecule has 3 nitrogen and oxygen atoms in total.